The van der Waals surface area contributed by atoms with Crippen LogP contribution in [0.5, 0.6) is 0 Å². The molecule has 0 saturated carbocycles. The first-order valence-corrected chi connectivity index (χ1v) is 5.38. The van der Waals surface area contributed by atoms with Gasteiger partial charge >= 0.3 is 0 Å². The maximum absolute atomic E-state index is 8.73. The second kappa shape index (κ2) is 8.69. The van der Waals surface area contributed by atoms with Gasteiger partial charge in [0.1, 0.15) is 0 Å². The molecule has 0 heterocycles. The van der Waals surface area contributed by atoms with Crippen molar-refractivity contribution < 1.29 is 27.3 Å². The van der Waals surface area contributed by atoms with Gasteiger partial charge in [-0.2, -0.15) is 12.1 Å². The van der Waals surface area contributed by atoms with Gasteiger partial charge in [0.2, 0.25) is 0 Å². The second-order valence-corrected chi connectivity index (χ2v) is 3.84. The minimum Gasteiger partial charge on any atom is -0.748 e. The number of hydrogen-bond donors (Lipinski definition) is 2. The number of aliphatic hydroxyl groups is 2. The Labute approximate surface area is 109 Å². The molecule has 2 aromatic rings. The maximum atomic E-state index is 8.73. The van der Waals surface area contributed by atoms with E-state index in [0.717, 1.165) is 5.56 Å². The molecule has 2 rings (SSSR count). The van der Waals surface area contributed by atoms with Gasteiger partial charge in [-0.15, -0.1) is 14.8 Å². The van der Waals surface area contributed by atoms with E-state index in [0.29, 0.717) is 0 Å². The molecule has 4 heteroatoms. The van der Waals surface area contributed by atoms with Crippen LogP contribution in [0, 0.1) is 0 Å². The van der Waals surface area contributed by atoms with Gasteiger partial charge in [-0.1, -0.05) is 0 Å². The number of aliphatic hydroxyl groups excluding tert-OH is 1. The summed E-state index contributed by atoms with van der Waals surface area (Å²) in [5.74, 6) is 0. The van der Waals surface area contributed by atoms with Crippen LogP contribution in [-0.4, -0.2) is 16.5 Å². The summed E-state index contributed by atoms with van der Waals surface area (Å²) < 4.78 is 0. The van der Waals surface area contributed by atoms with Crippen LogP contribution in [0.15, 0.2) is 54.6 Å². The van der Waals surface area contributed by atoms with E-state index >= 15 is 0 Å². The minimum absolute atomic E-state index is 0. The van der Waals surface area contributed by atoms with Crippen LogP contribution in [0.25, 0.3) is 0 Å². The summed E-state index contributed by atoms with van der Waals surface area (Å²) in [6.07, 6.45) is -1.28. The Kier molecular flexibility index (Phi) is 8.46. The zero-order valence-corrected chi connectivity index (χ0v) is 10.9. The molecule has 0 aliphatic heterocycles. The van der Waals surface area contributed by atoms with Crippen molar-refractivity contribution in [3.05, 3.63) is 60.2 Å². The Balaban J connectivity index is 0.000000318. The molecule has 2 N–H and O–H groups in total. The van der Waals surface area contributed by atoms with Crippen LogP contribution in [-0.2, 0) is 17.1 Å². The van der Waals surface area contributed by atoms with Crippen molar-refractivity contribution in [3.8, 4) is 0 Å². The molecule has 0 aliphatic carbocycles. The minimum atomic E-state index is -1.28. The quantitative estimate of drug-likeness (QED) is 0.382. The molecule has 2 unspecified atom stereocenters. The summed E-state index contributed by atoms with van der Waals surface area (Å²) in [5, 5.41) is 17.5. The summed E-state index contributed by atoms with van der Waals surface area (Å²) in [6.45, 7) is 0. The third-order valence-corrected chi connectivity index (χ3v) is 2.68. The molecule has 0 saturated heterocycles. The first kappa shape index (κ1) is 15.6. The normalized spacial score (nSPS) is 11.2. The standard InChI is InChI=1S/C7H10O2P.C5H5.Fe/c8-7(9)6(10)5-3-1-2-4-5;1-2-4-5-3-1;/h1-4,6-9H,10H2;1-5H;/q-1;-5;. The topological polar surface area (TPSA) is 40.5 Å². The van der Waals surface area contributed by atoms with E-state index in [9.17, 15) is 0 Å². The first-order chi connectivity index (χ1) is 7.22. The number of rotatable bonds is 2. The van der Waals surface area contributed by atoms with Gasteiger partial charge in [0.15, 0.2) is 6.29 Å². The van der Waals surface area contributed by atoms with Crippen molar-refractivity contribution in [1.29, 1.82) is 0 Å². The van der Waals surface area contributed by atoms with E-state index in [1.165, 1.54) is 0 Å². The van der Waals surface area contributed by atoms with E-state index in [4.69, 9.17) is 10.2 Å². The Bertz CT molecular complexity index is 313. The van der Waals surface area contributed by atoms with Crippen LogP contribution in [0.2, 0.25) is 0 Å². The predicted molar refractivity (Wildman–Crippen MR) is 64.7 cm³/mol. The molecular weight excluding hydrogens is 263 g/mol. The van der Waals surface area contributed by atoms with E-state index in [-0.39, 0.29) is 22.7 Å². The molecular formula is C12H15FeO2P-6. The van der Waals surface area contributed by atoms with Crippen molar-refractivity contribution in [3.63, 3.8) is 0 Å². The monoisotopic (exact) mass is 278 g/mol. The fourth-order valence-corrected chi connectivity index (χ4v) is 1.33. The SMILES string of the molecule is OC(O)C(P)[c-]1cccc1.[Fe].[cH-]1[cH-][cH-][cH-][cH-]1. The third kappa shape index (κ3) is 5.60. The van der Waals surface area contributed by atoms with Crippen molar-refractivity contribution in [2.75, 3.05) is 0 Å². The van der Waals surface area contributed by atoms with Gasteiger partial charge in [-0.25, -0.2) is 12.1 Å². The third-order valence-electron chi connectivity index (χ3n) is 1.95. The molecule has 94 valence electrons. The Morgan fingerprint density at radius 1 is 0.938 bits per heavy atom. The smallest absolute Gasteiger partial charge is 0.151 e. The molecule has 0 aliphatic rings. The predicted octanol–water partition coefficient (Wildman–Crippen LogP) is 2.04. The summed E-state index contributed by atoms with van der Waals surface area (Å²) in [7, 11) is 2.38. The van der Waals surface area contributed by atoms with Gasteiger partial charge in [0.25, 0.3) is 0 Å². The van der Waals surface area contributed by atoms with E-state index in [1.54, 1.807) is 0 Å². The Hall–Kier alpha value is -0.431. The van der Waals surface area contributed by atoms with E-state index in [1.807, 2.05) is 54.6 Å². The van der Waals surface area contributed by atoms with Crippen molar-refractivity contribution >= 4 is 9.24 Å². The van der Waals surface area contributed by atoms with Gasteiger partial charge in [0, 0.05) is 22.7 Å². The molecule has 2 nitrogen and oxygen atoms in total. The molecule has 0 fully saturated rings. The zero-order chi connectivity index (χ0) is 11.1. The fraction of sp³-hybridized carbons (Fsp3) is 0.167. The largest absolute Gasteiger partial charge is 0.748 e. The Morgan fingerprint density at radius 2 is 1.31 bits per heavy atom. The van der Waals surface area contributed by atoms with E-state index < -0.39 is 6.29 Å². The van der Waals surface area contributed by atoms with Gasteiger partial charge in [-0.3, -0.25) is 0 Å². The van der Waals surface area contributed by atoms with Gasteiger partial charge in [-0.05, 0) is 0 Å². The zero-order valence-electron chi connectivity index (χ0n) is 8.68. The van der Waals surface area contributed by atoms with Crippen LogP contribution < -0.4 is 0 Å². The van der Waals surface area contributed by atoms with Crippen LogP contribution in [0.4, 0.5) is 0 Å². The van der Waals surface area contributed by atoms with Crippen molar-refractivity contribution in [2.24, 2.45) is 0 Å². The maximum Gasteiger partial charge on any atom is 0.151 e. The molecule has 0 spiro atoms. The summed E-state index contributed by atoms with van der Waals surface area (Å²) in [4.78, 5) is 0. The van der Waals surface area contributed by atoms with E-state index in [2.05, 4.69) is 9.24 Å². The van der Waals surface area contributed by atoms with Crippen molar-refractivity contribution in [2.45, 2.75) is 11.9 Å². The summed E-state index contributed by atoms with van der Waals surface area (Å²) in [6, 6.07) is 17.5. The second-order valence-electron chi connectivity index (χ2n) is 3.12. The summed E-state index contributed by atoms with van der Waals surface area (Å²) in [5.41, 5.74) is 0.662. The average Bonchev–Trinajstić information content (AvgIpc) is 2.92. The van der Waals surface area contributed by atoms with Crippen LogP contribution >= 0.6 is 9.24 Å². The Morgan fingerprint density at radius 3 is 1.62 bits per heavy atom. The van der Waals surface area contributed by atoms with Gasteiger partial charge < -0.3 is 40.5 Å². The first-order valence-electron chi connectivity index (χ1n) is 4.72. The van der Waals surface area contributed by atoms with Crippen LogP contribution in [0.3, 0.4) is 0 Å². The molecule has 0 radical (unpaired) electrons. The van der Waals surface area contributed by atoms with Crippen LogP contribution in [0.1, 0.15) is 11.2 Å². The summed E-state index contributed by atoms with van der Waals surface area (Å²) >= 11 is 0. The van der Waals surface area contributed by atoms with Gasteiger partial charge in [0.05, 0.1) is 0 Å². The molecule has 2 atom stereocenters. The molecule has 16 heavy (non-hydrogen) atoms. The fourth-order valence-electron chi connectivity index (χ4n) is 1.10. The van der Waals surface area contributed by atoms with Crippen molar-refractivity contribution in [1.82, 2.24) is 0 Å². The molecule has 0 amide bonds. The molecule has 0 aromatic heterocycles. The molecule has 2 aromatic carbocycles. The number of hydrogen-bond acceptors (Lipinski definition) is 2. The average molecular weight is 278 g/mol. The molecule has 0 bridgehead atoms.